The molecule has 1 atom stereocenters. The standard InChI is InChI=1S/C12H15N3O/c1-2-7-15-11(12(14)16)10-6-4-3-5-9(10)8-13/h3-6,11,15H,2,7H2,1H3,(H2,14,16). The Morgan fingerprint density at radius 1 is 1.56 bits per heavy atom. The first-order valence-electron chi connectivity index (χ1n) is 5.22. The molecule has 0 bridgehead atoms. The molecule has 0 aliphatic carbocycles. The summed E-state index contributed by atoms with van der Waals surface area (Å²) in [5.74, 6) is -0.462. The van der Waals surface area contributed by atoms with E-state index in [9.17, 15) is 4.79 Å². The number of carbonyl (C=O) groups excluding carboxylic acids is 1. The zero-order valence-corrected chi connectivity index (χ0v) is 9.23. The number of carbonyl (C=O) groups is 1. The zero-order chi connectivity index (χ0) is 12.0. The molecule has 1 aromatic carbocycles. The van der Waals surface area contributed by atoms with Gasteiger partial charge in [-0.05, 0) is 24.6 Å². The first-order chi connectivity index (χ1) is 7.70. The molecule has 0 saturated carbocycles. The van der Waals surface area contributed by atoms with Crippen LogP contribution < -0.4 is 11.1 Å². The highest BCUT2D eigenvalue weighted by Gasteiger charge is 2.19. The van der Waals surface area contributed by atoms with E-state index in [1.165, 1.54) is 0 Å². The first kappa shape index (κ1) is 12.2. The van der Waals surface area contributed by atoms with Crippen molar-refractivity contribution in [2.24, 2.45) is 5.73 Å². The van der Waals surface area contributed by atoms with Crippen molar-refractivity contribution < 1.29 is 4.79 Å². The zero-order valence-electron chi connectivity index (χ0n) is 9.23. The van der Waals surface area contributed by atoms with E-state index in [-0.39, 0.29) is 0 Å². The summed E-state index contributed by atoms with van der Waals surface area (Å²) < 4.78 is 0. The van der Waals surface area contributed by atoms with Gasteiger partial charge in [-0.2, -0.15) is 5.26 Å². The SMILES string of the molecule is CCCNC(C(N)=O)c1ccccc1C#N. The fourth-order valence-corrected chi connectivity index (χ4v) is 1.50. The van der Waals surface area contributed by atoms with Gasteiger partial charge in [-0.3, -0.25) is 4.79 Å². The van der Waals surface area contributed by atoms with Gasteiger partial charge in [-0.1, -0.05) is 25.1 Å². The van der Waals surface area contributed by atoms with Crippen molar-refractivity contribution >= 4 is 5.91 Å². The monoisotopic (exact) mass is 217 g/mol. The molecular weight excluding hydrogens is 202 g/mol. The highest BCUT2D eigenvalue weighted by atomic mass is 16.1. The van der Waals surface area contributed by atoms with Crippen molar-refractivity contribution in [3.8, 4) is 6.07 Å². The van der Waals surface area contributed by atoms with E-state index in [2.05, 4.69) is 11.4 Å². The number of nitrogens with one attached hydrogen (secondary N) is 1. The van der Waals surface area contributed by atoms with Crippen LogP contribution in [0.4, 0.5) is 0 Å². The predicted octanol–water partition coefficient (Wildman–Crippen LogP) is 1.08. The van der Waals surface area contributed by atoms with Gasteiger partial charge in [0.15, 0.2) is 0 Å². The Labute approximate surface area is 95.1 Å². The fourth-order valence-electron chi connectivity index (χ4n) is 1.50. The first-order valence-corrected chi connectivity index (χ1v) is 5.22. The van der Waals surface area contributed by atoms with E-state index in [1.807, 2.05) is 6.92 Å². The highest BCUT2D eigenvalue weighted by Crippen LogP contribution is 2.17. The van der Waals surface area contributed by atoms with E-state index in [4.69, 9.17) is 11.0 Å². The summed E-state index contributed by atoms with van der Waals surface area (Å²) in [7, 11) is 0. The smallest absolute Gasteiger partial charge is 0.239 e. The number of rotatable bonds is 5. The molecular formula is C12H15N3O. The summed E-state index contributed by atoms with van der Waals surface area (Å²) in [5, 5.41) is 12.0. The summed E-state index contributed by atoms with van der Waals surface area (Å²) in [6, 6.07) is 8.45. The lowest BCUT2D eigenvalue weighted by atomic mass is 10.0. The second-order valence-corrected chi connectivity index (χ2v) is 3.49. The van der Waals surface area contributed by atoms with Gasteiger partial charge < -0.3 is 11.1 Å². The molecule has 0 saturated heterocycles. The van der Waals surface area contributed by atoms with Crippen LogP contribution in [0.3, 0.4) is 0 Å². The lowest BCUT2D eigenvalue weighted by Gasteiger charge is -2.16. The molecule has 0 heterocycles. The van der Waals surface area contributed by atoms with Crippen molar-refractivity contribution in [3.05, 3.63) is 35.4 Å². The highest BCUT2D eigenvalue weighted by molar-refractivity contribution is 5.82. The molecule has 4 heteroatoms. The molecule has 1 amide bonds. The van der Waals surface area contributed by atoms with Gasteiger partial charge in [0, 0.05) is 0 Å². The van der Waals surface area contributed by atoms with E-state index < -0.39 is 11.9 Å². The average Bonchev–Trinajstić information content (AvgIpc) is 2.29. The van der Waals surface area contributed by atoms with Crippen LogP contribution in [0, 0.1) is 11.3 Å². The predicted molar refractivity (Wildman–Crippen MR) is 61.4 cm³/mol. The van der Waals surface area contributed by atoms with Crippen LogP contribution in [0.1, 0.15) is 30.5 Å². The molecule has 0 fully saturated rings. The van der Waals surface area contributed by atoms with Crippen LogP contribution in [0.2, 0.25) is 0 Å². The number of hydrogen-bond acceptors (Lipinski definition) is 3. The number of nitrogens with zero attached hydrogens (tertiary/aromatic N) is 1. The van der Waals surface area contributed by atoms with Crippen LogP contribution in [0.15, 0.2) is 24.3 Å². The van der Waals surface area contributed by atoms with Gasteiger partial charge in [0.25, 0.3) is 0 Å². The fraction of sp³-hybridized carbons (Fsp3) is 0.333. The van der Waals surface area contributed by atoms with E-state index in [0.29, 0.717) is 17.7 Å². The molecule has 1 aromatic rings. The van der Waals surface area contributed by atoms with Crippen molar-refractivity contribution in [1.29, 1.82) is 5.26 Å². The third-order valence-electron chi connectivity index (χ3n) is 2.28. The summed E-state index contributed by atoms with van der Waals surface area (Å²) in [5.41, 5.74) is 6.45. The maximum atomic E-state index is 11.3. The van der Waals surface area contributed by atoms with Crippen molar-refractivity contribution in [2.75, 3.05) is 6.54 Å². The van der Waals surface area contributed by atoms with E-state index in [0.717, 1.165) is 6.42 Å². The minimum atomic E-state index is -0.587. The molecule has 1 unspecified atom stereocenters. The molecule has 0 aliphatic heterocycles. The Balaban J connectivity index is 3.01. The summed E-state index contributed by atoms with van der Waals surface area (Å²) in [6.45, 7) is 2.69. The minimum absolute atomic E-state index is 0.462. The Kier molecular flexibility index (Phi) is 4.49. The van der Waals surface area contributed by atoms with Gasteiger partial charge in [0.2, 0.25) is 5.91 Å². The number of hydrogen-bond donors (Lipinski definition) is 2. The lowest BCUT2D eigenvalue weighted by molar-refractivity contribution is -0.120. The van der Waals surface area contributed by atoms with E-state index in [1.54, 1.807) is 24.3 Å². The quantitative estimate of drug-likeness (QED) is 0.774. The molecule has 16 heavy (non-hydrogen) atoms. The largest absolute Gasteiger partial charge is 0.368 e. The molecule has 84 valence electrons. The number of primary amides is 1. The van der Waals surface area contributed by atoms with Gasteiger partial charge in [0.05, 0.1) is 11.6 Å². The van der Waals surface area contributed by atoms with Gasteiger partial charge in [0.1, 0.15) is 6.04 Å². The molecule has 0 aromatic heterocycles. The topological polar surface area (TPSA) is 78.9 Å². The Hall–Kier alpha value is -1.86. The van der Waals surface area contributed by atoms with Crippen molar-refractivity contribution in [1.82, 2.24) is 5.32 Å². The second-order valence-electron chi connectivity index (χ2n) is 3.49. The second kappa shape index (κ2) is 5.89. The average molecular weight is 217 g/mol. The van der Waals surface area contributed by atoms with E-state index >= 15 is 0 Å². The summed E-state index contributed by atoms with van der Waals surface area (Å²) in [4.78, 5) is 11.3. The minimum Gasteiger partial charge on any atom is -0.368 e. The maximum absolute atomic E-state index is 11.3. The Morgan fingerprint density at radius 3 is 2.81 bits per heavy atom. The van der Waals surface area contributed by atoms with Crippen LogP contribution in [0.25, 0.3) is 0 Å². The molecule has 0 aliphatic rings. The van der Waals surface area contributed by atoms with Gasteiger partial charge in [-0.15, -0.1) is 0 Å². The molecule has 0 spiro atoms. The third-order valence-corrected chi connectivity index (χ3v) is 2.28. The van der Waals surface area contributed by atoms with Crippen molar-refractivity contribution in [2.45, 2.75) is 19.4 Å². The van der Waals surface area contributed by atoms with Crippen LogP contribution >= 0.6 is 0 Å². The molecule has 3 N–H and O–H groups in total. The van der Waals surface area contributed by atoms with Gasteiger partial charge in [-0.25, -0.2) is 0 Å². The van der Waals surface area contributed by atoms with Crippen LogP contribution in [0.5, 0.6) is 0 Å². The molecule has 0 radical (unpaired) electrons. The third kappa shape index (κ3) is 2.81. The van der Waals surface area contributed by atoms with Crippen LogP contribution in [-0.2, 0) is 4.79 Å². The number of nitrogens with two attached hydrogens (primary N) is 1. The Morgan fingerprint density at radius 2 is 2.25 bits per heavy atom. The van der Waals surface area contributed by atoms with Crippen LogP contribution in [-0.4, -0.2) is 12.5 Å². The maximum Gasteiger partial charge on any atom is 0.239 e. The molecule has 1 rings (SSSR count). The number of benzene rings is 1. The summed E-state index contributed by atoms with van der Waals surface area (Å²) in [6.07, 6.45) is 0.901. The number of nitriles is 1. The summed E-state index contributed by atoms with van der Waals surface area (Å²) >= 11 is 0. The van der Waals surface area contributed by atoms with Gasteiger partial charge >= 0.3 is 0 Å². The Bertz CT molecular complexity index is 409. The van der Waals surface area contributed by atoms with Crippen molar-refractivity contribution in [3.63, 3.8) is 0 Å². The molecule has 4 nitrogen and oxygen atoms in total. The number of amides is 1. The normalized spacial score (nSPS) is 11.8. The lowest BCUT2D eigenvalue weighted by Crippen LogP contribution is -2.34.